The number of aromatic nitrogens is 2. The number of fused-ring (bicyclic) bond motifs is 6. The average molecular weight is 1940 g/mol. The van der Waals surface area contributed by atoms with Crippen molar-refractivity contribution >= 4 is 165 Å². The van der Waals surface area contributed by atoms with E-state index in [-0.39, 0.29) is 60.9 Å². The van der Waals surface area contributed by atoms with E-state index in [4.69, 9.17) is 0 Å². The van der Waals surface area contributed by atoms with Gasteiger partial charge in [0.05, 0.1) is 33.4 Å². The summed E-state index contributed by atoms with van der Waals surface area (Å²) in [4.78, 5) is 5.75. The van der Waals surface area contributed by atoms with Gasteiger partial charge in [-0.05, 0) is 320 Å². The first kappa shape index (κ1) is 97.4. The maximum Gasteiger partial charge on any atom is 0.252 e. The Morgan fingerprint density at radius 3 is 0.698 bits per heavy atom. The van der Waals surface area contributed by atoms with Crippen molar-refractivity contribution in [2.75, 3.05) is 9.80 Å². The smallest absolute Gasteiger partial charge is 0.252 e. The molecule has 0 aliphatic carbocycles. The van der Waals surface area contributed by atoms with E-state index in [0.717, 1.165) is 73.3 Å². The van der Waals surface area contributed by atoms with Crippen LogP contribution in [0.15, 0.2) is 291 Å². The van der Waals surface area contributed by atoms with Crippen LogP contribution in [-0.4, -0.2) is 15.8 Å². The molecule has 2 aliphatic rings. The molecular weight excluding hydrogens is 1800 g/mol. The van der Waals surface area contributed by atoms with E-state index >= 15 is 0 Å². The summed E-state index contributed by atoms with van der Waals surface area (Å²) in [5.41, 5.74) is 41.1. The largest absolute Gasteiger partial charge is 0.310 e. The zero-order valence-corrected chi connectivity index (χ0v) is 94.6. The second-order valence-electron chi connectivity index (χ2n) is 55.9. The fourth-order valence-electron chi connectivity index (χ4n) is 25.9. The maximum absolute atomic E-state index is 2.88. The number of hydrogen-bond donors (Lipinski definition) is 0. The predicted octanol–water partition coefficient (Wildman–Crippen LogP) is 39.2. The molecule has 0 radical (unpaired) electrons. The molecule has 0 fully saturated rings. The Labute approximate surface area is 885 Å². The highest BCUT2D eigenvalue weighted by atomic mass is 15.2. The van der Waals surface area contributed by atoms with Gasteiger partial charge >= 0.3 is 0 Å². The lowest BCUT2D eigenvalue weighted by Gasteiger charge is -2.47. The molecular formula is C144H147BN4. The molecule has 24 rings (SSSR count). The zero-order chi connectivity index (χ0) is 105. The minimum atomic E-state index is -0.453. The van der Waals surface area contributed by atoms with Crippen LogP contribution < -0.4 is 26.2 Å². The van der Waals surface area contributed by atoms with Crippen LogP contribution in [0.3, 0.4) is 0 Å². The first-order valence-electron chi connectivity index (χ1n) is 54.9. The second kappa shape index (κ2) is 32.4. The average Bonchev–Trinajstić information content (AvgIpc) is 1.60. The monoisotopic (exact) mass is 1940 g/mol. The fourth-order valence-corrected chi connectivity index (χ4v) is 25.9. The van der Waals surface area contributed by atoms with E-state index in [9.17, 15) is 0 Å². The van der Waals surface area contributed by atoms with Crippen LogP contribution >= 0.6 is 0 Å². The van der Waals surface area contributed by atoms with Crippen molar-refractivity contribution in [1.82, 2.24) is 9.13 Å². The number of benzene rings is 20. The molecule has 4 nitrogen and oxygen atoms in total. The molecule has 149 heavy (non-hydrogen) atoms. The molecule has 0 atom stereocenters. The normalized spacial score (nSPS) is 14.0. The van der Waals surface area contributed by atoms with Crippen molar-refractivity contribution in [2.45, 2.75) is 288 Å². The van der Waals surface area contributed by atoms with E-state index < -0.39 is 5.41 Å². The number of anilines is 6. The topological polar surface area (TPSA) is 16.3 Å². The summed E-state index contributed by atoms with van der Waals surface area (Å²) < 4.78 is 5.49. The summed E-state index contributed by atoms with van der Waals surface area (Å²) in [5, 5.41) is 21.2. The van der Waals surface area contributed by atoms with Gasteiger partial charge in [0, 0.05) is 77.9 Å². The third-order valence-electron chi connectivity index (χ3n) is 34.0. The predicted molar refractivity (Wildman–Crippen MR) is 652 cm³/mol. The first-order chi connectivity index (χ1) is 69.9. The summed E-state index contributed by atoms with van der Waals surface area (Å²) in [7, 11) is 0. The fraction of sp³-hybridized carbons (Fsp3) is 0.306. The van der Waals surface area contributed by atoms with E-state index in [0.29, 0.717) is 0 Å². The van der Waals surface area contributed by atoms with Gasteiger partial charge in [-0.3, -0.25) is 0 Å². The Morgan fingerprint density at radius 2 is 0.430 bits per heavy atom. The molecule has 0 unspecified atom stereocenters. The maximum atomic E-state index is 2.88. The molecule has 20 aromatic carbocycles. The van der Waals surface area contributed by atoms with E-state index in [1.807, 2.05) is 0 Å². The Kier molecular flexibility index (Phi) is 21.2. The Morgan fingerprint density at radius 1 is 0.174 bits per heavy atom. The summed E-state index contributed by atoms with van der Waals surface area (Å²) in [6, 6.07) is 119. The van der Waals surface area contributed by atoms with Crippen LogP contribution in [0, 0.1) is 0 Å². The lowest BCUT2D eigenvalue weighted by Crippen LogP contribution is -2.61. The third kappa shape index (κ3) is 15.3. The lowest BCUT2D eigenvalue weighted by molar-refractivity contribution is 0.589. The van der Waals surface area contributed by atoms with Gasteiger partial charge in [-0.2, -0.15) is 0 Å². The van der Waals surface area contributed by atoms with Crippen molar-refractivity contribution in [3.05, 3.63) is 352 Å². The summed E-state index contributed by atoms with van der Waals surface area (Å²) >= 11 is 0. The van der Waals surface area contributed by atoms with Crippen molar-refractivity contribution in [3.63, 3.8) is 0 Å². The number of rotatable bonds is 9. The minimum Gasteiger partial charge on any atom is -0.310 e. The molecule has 0 amide bonds. The Hall–Kier alpha value is -13.7. The Bertz CT molecular complexity index is 8910. The highest BCUT2D eigenvalue weighted by Gasteiger charge is 2.48. The van der Waals surface area contributed by atoms with Crippen LogP contribution in [0.1, 0.15) is 290 Å². The van der Waals surface area contributed by atoms with E-state index in [2.05, 4.69) is 539 Å². The zero-order valence-electron chi connectivity index (χ0n) is 94.6. The molecule has 0 saturated carbocycles. The van der Waals surface area contributed by atoms with E-state index in [1.165, 1.54) is 214 Å². The van der Waals surface area contributed by atoms with Gasteiger partial charge in [0.1, 0.15) is 0 Å². The molecule has 5 heteroatoms. The summed E-state index contributed by atoms with van der Waals surface area (Å²) in [6.07, 6.45) is 0. The summed E-state index contributed by atoms with van der Waals surface area (Å²) in [6.45, 7) is 79.1. The highest BCUT2D eigenvalue weighted by molar-refractivity contribution is 7.00. The third-order valence-corrected chi connectivity index (χ3v) is 34.0. The molecule has 2 aliphatic heterocycles. The van der Waals surface area contributed by atoms with Crippen LogP contribution in [-0.2, 0) is 59.6 Å². The van der Waals surface area contributed by atoms with Gasteiger partial charge in [0.2, 0.25) is 0 Å². The summed E-state index contributed by atoms with van der Waals surface area (Å²) in [5.74, 6) is 0. The number of nitrogens with zero attached hydrogens (tertiary/aromatic N) is 4. The van der Waals surface area contributed by atoms with Crippen molar-refractivity contribution in [2.24, 2.45) is 0 Å². The van der Waals surface area contributed by atoms with Crippen molar-refractivity contribution in [1.29, 1.82) is 0 Å². The Balaban J connectivity index is 0.928. The molecule has 0 saturated heterocycles. The van der Waals surface area contributed by atoms with Gasteiger partial charge in [-0.1, -0.05) is 435 Å². The van der Waals surface area contributed by atoms with Crippen LogP contribution in [0.25, 0.3) is 175 Å². The van der Waals surface area contributed by atoms with Crippen LogP contribution in [0.4, 0.5) is 34.1 Å². The highest BCUT2D eigenvalue weighted by Crippen LogP contribution is 2.61. The molecule has 0 N–H and O–H groups in total. The van der Waals surface area contributed by atoms with E-state index in [1.54, 1.807) is 0 Å². The molecule has 2 aromatic heterocycles. The SMILES string of the molecule is CC(C)(C)c1ccc(-c2cc(-c3cccc(C(C)(C)C)c3)c(N3c4cc(-n5c6cc(C(C)(C)C)c7cccc8c9cccc%10c(C(C)(C)C)cc5c(c%109)c6c78)ccc4B4c5ccc(-n6c7cc(C(C)(C)C)c8cccc9c%10cccc%11c(C(C)(C)C)cc6c(c%11%10)c7c89)cc5N(c5c(-c6cccc(C(C)(C)C)c6)cc(C(C)(C)C)cc5-c5cccc(C(C)(C)C)c5)c5cc(C(C)(C)C)cc3c54)c(-c3cccc(C(C)(C)C)c3)c2)cc1. The van der Waals surface area contributed by atoms with Gasteiger partial charge in [0.15, 0.2) is 0 Å². The minimum absolute atomic E-state index is 0.0660. The second-order valence-corrected chi connectivity index (χ2v) is 55.9. The first-order valence-corrected chi connectivity index (χ1v) is 54.9. The van der Waals surface area contributed by atoms with Crippen molar-refractivity contribution in [3.8, 4) is 67.0 Å². The van der Waals surface area contributed by atoms with Gasteiger partial charge in [-0.25, -0.2) is 0 Å². The molecule has 746 valence electrons. The van der Waals surface area contributed by atoms with Crippen molar-refractivity contribution < 1.29 is 0 Å². The van der Waals surface area contributed by atoms with Gasteiger partial charge in [-0.15, -0.1) is 0 Å². The molecule has 0 spiro atoms. The lowest BCUT2D eigenvalue weighted by atomic mass is 9.33. The van der Waals surface area contributed by atoms with Crippen LogP contribution in [0.2, 0.25) is 0 Å². The quantitative estimate of drug-likeness (QED) is 0.0813. The van der Waals surface area contributed by atoms with Gasteiger partial charge in [0.25, 0.3) is 6.71 Å². The molecule has 4 heterocycles. The standard InChI is InChI=1S/C144H147BN4/c1-134(2,3)88-60-58-82(59-61-88)87-70-105(83-42-34-46-89(66-83)135(4,5)6)132(106(71-87)84-43-35-47-90(67-84)136(7,8)9)148-115-76-95(146-117-78-109(141(22,23)24)101-54-38-50-97-98-51-39-55-102-110(142(25,26)27)79-118(146)128(124(98)102)127(117)123(97)101)62-64-113(115)145-114-65-63-96(147-119-80-111(143(28,29)30)103-56-40-52-99-100-53-41-57-104-112(144(31,32)33)81-120(147)130(126(100)104)129(119)125(99)103)77-116(114)149(122-75-94(140(19,20)21)74-121(148)131(122)145)133-107(85-44-36-48-91(68-85)137(10,11)12)72-93(139(16,17)18)73-108(133)86-45-37-49-92(69-86)138(13,14)15/h34-81H,1-33H3. The number of hydrogen-bond acceptors (Lipinski definition) is 2. The molecule has 0 bridgehead atoms. The van der Waals surface area contributed by atoms with Crippen LogP contribution in [0.5, 0.6) is 0 Å². The van der Waals surface area contributed by atoms with Gasteiger partial charge < -0.3 is 18.9 Å². The molecule has 22 aromatic rings.